The molecule has 0 radical (unpaired) electrons. The summed E-state index contributed by atoms with van der Waals surface area (Å²) in [6.45, 7) is 10.3. The van der Waals surface area contributed by atoms with E-state index in [4.69, 9.17) is 0 Å². The Morgan fingerprint density at radius 3 is 2.50 bits per heavy atom. The molecule has 1 rings (SSSR count). The van der Waals surface area contributed by atoms with Gasteiger partial charge in [-0.15, -0.1) is 0 Å². The largest absolute Gasteiger partial charge is 0.369 e. The molecule has 1 heterocycles. The highest BCUT2D eigenvalue weighted by Gasteiger charge is 2.28. The predicted molar refractivity (Wildman–Crippen MR) is 85.3 cm³/mol. The number of hydrogen-bond acceptors (Lipinski definition) is 4. The highest BCUT2D eigenvalue weighted by Crippen LogP contribution is 2.25. The Hall–Kier alpha value is -0.660. The Bertz CT molecular complexity index is 567. The lowest BCUT2D eigenvalue weighted by Crippen LogP contribution is -2.41. The zero-order chi connectivity index (χ0) is 15.6. The summed E-state index contributed by atoms with van der Waals surface area (Å²) in [6, 6.07) is 1.36. The van der Waals surface area contributed by atoms with E-state index in [2.05, 4.69) is 31.0 Å². The molecular formula is C13H22BrN3O2S. The van der Waals surface area contributed by atoms with Crippen molar-refractivity contribution < 1.29 is 8.42 Å². The smallest absolute Gasteiger partial charge is 0.244 e. The molecule has 0 fully saturated rings. The first kappa shape index (κ1) is 17.4. The van der Waals surface area contributed by atoms with Gasteiger partial charge in [0.2, 0.25) is 10.0 Å². The van der Waals surface area contributed by atoms with Gasteiger partial charge in [-0.3, -0.25) is 0 Å². The van der Waals surface area contributed by atoms with Crippen molar-refractivity contribution >= 4 is 31.8 Å². The van der Waals surface area contributed by atoms with E-state index in [0.717, 1.165) is 0 Å². The predicted octanol–water partition coefficient (Wildman–Crippen LogP) is 2.99. The molecule has 1 aromatic heterocycles. The molecule has 1 unspecified atom stereocenters. The molecule has 0 aliphatic rings. The van der Waals surface area contributed by atoms with Gasteiger partial charge in [0.15, 0.2) is 0 Å². The Morgan fingerprint density at radius 2 is 2.00 bits per heavy atom. The van der Waals surface area contributed by atoms with Crippen LogP contribution < -0.4 is 10.0 Å². The van der Waals surface area contributed by atoms with Gasteiger partial charge in [0.1, 0.15) is 10.7 Å². The van der Waals surface area contributed by atoms with Crippen LogP contribution in [0.3, 0.4) is 0 Å². The molecule has 1 aromatic rings. The van der Waals surface area contributed by atoms with Crippen LogP contribution in [0.25, 0.3) is 0 Å². The first-order chi connectivity index (χ1) is 9.08. The summed E-state index contributed by atoms with van der Waals surface area (Å²) in [5.41, 5.74) is -0.162. The molecule has 114 valence electrons. The van der Waals surface area contributed by atoms with Crippen molar-refractivity contribution in [2.24, 2.45) is 5.41 Å². The van der Waals surface area contributed by atoms with Gasteiger partial charge in [-0.05, 0) is 41.3 Å². The molecular weight excluding hydrogens is 342 g/mol. The molecule has 0 aliphatic carbocycles. The Morgan fingerprint density at radius 1 is 1.40 bits per heavy atom. The van der Waals surface area contributed by atoms with Crippen molar-refractivity contribution in [3.8, 4) is 0 Å². The molecule has 1 atom stereocenters. The van der Waals surface area contributed by atoms with E-state index >= 15 is 0 Å². The van der Waals surface area contributed by atoms with Crippen molar-refractivity contribution in [1.82, 2.24) is 9.71 Å². The summed E-state index contributed by atoms with van der Waals surface area (Å²) >= 11 is 3.26. The standard InChI is InChI=1S/C13H22BrN3O2S/c1-6-15-12-11(7-10(14)8-16-12)20(18,19)17-9(2)13(3,4)5/h7-9,17H,6H2,1-5H3,(H,15,16). The van der Waals surface area contributed by atoms with Crippen LogP contribution in [0.2, 0.25) is 0 Å². The Balaban J connectivity index is 3.18. The maximum atomic E-state index is 12.5. The number of nitrogens with one attached hydrogen (secondary N) is 2. The molecule has 20 heavy (non-hydrogen) atoms. The molecule has 0 aliphatic heterocycles. The third-order valence-corrected chi connectivity index (χ3v) is 5.07. The first-order valence-electron chi connectivity index (χ1n) is 6.49. The summed E-state index contributed by atoms with van der Waals surface area (Å²) < 4.78 is 28.4. The fraction of sp³-hybridized carbons (Fsp3) is 0.615. The summed E-state index contributed by atoms with van der Waals surface area (Å²) in [4.78, 5) is 4.28. The van der Waals surface area contributed by atoms with Gasteiger partial charge in [-0.25, -0.2) is 18.1 Å². The quantitative estimate of drug-likeness (QED) is 0.843. The molecule has 2 N–H and O–H groups in total. The summed E-state index contributed by atoms with van der Waals surface area (Å²) in [5, 5.41) is 2.97. The fourth-order valence-corrected chi connectivity index (χ4v) is 3.49. The van der Waals surface area contributed by atoms with Gasteiger partial charge >= 0.3 is 0 Å². The van der Waals surface area contributed by atoms with Crippen LogP contribution in [-0.4, -0.2) is 26.0 Å². The SMILES string of the molecule is CCNc1ncc(Br)cc1S(=O)(=O)NC(C)C(C)(C)C. The minimum Gasteiger partial charge on any atom is -0.369 e. The van der Waals surface area contributed by atoms with Crippen LogP contribution in [0.1, 0.15) is 34.6 Å². The summed E-state index contributed by atoms with van der Waals surface area (Å²) in [7, 11) is -3.62. The number of pyridine rings is 1. The van der Waals surface area contributed by atoms with Crippen LogP contribution in [0.15, 0.2) is 21.6 Å². The van der Waals surface area contributed by atoms with Gasteiger partial charge in [0, 0.05) is 23.3 Å². The zero-order valence-corrected chi connectivity index (χ0v) is 14.9. The van der Waals surface area contributed by atoms with Gasteiger partial charge in [0.25, 0.3) is 0 Å². The van der Waals surface area contributed by atoms with Crippen LogP contribution in [0.5, 0.6) is 0 Å². The molecule has 5 nitrogen and oxygen atoms in total. The minimum atomic E-state index is -3.62. The van der Waals surface area contributed by atoms with Crippen molar-refractivity contribution in [2.45, 2.75) is 45.6 Å². The van der Waals surface area contributed by atoms with E-state index in [1.807, 2.05) is 34.6 Å². The molecule has 0 aromatic carbocycles. The molecule has 0 saturated heterocycles. The van der Waals surface area contributed by atoms with Crippen molar-refractivity contribution in [3.05, 3.63) is 16.7 Å². The van der Waals surface area contributed by atoms with Gasteiger partial charge in [-0.1, -0.05) is 20.8 Å². The lowest BCUT2D eigenvalue weighted by Gasteiger charge is -2.28. The number of aromatic nitrogens is 1. The van der Waals surface area contributed by atoms with Crippen LogP contribution >= 0.6 is 15.9 Å². The number of nitrogens with zero attached hydrogens (tertiary/aromatic N) is 1. The van der Waals surface area contributed by atoms with E-state index in [0.29, 0.717) is 16.8 Å². The van der Waals surface area contributed by atoms with E-state index in [-0.39, 0.29) is 16.4 Å². The van der Waals surface area contributed by atoms with Crippen LogP contribution in [0, 0.1) is 5.41 Å². The van der Waals surface area contributed by atoms with Gasteiger partial charge in [-0.2, -0.15) is 0 Å². The van der Waals surface area contributed by atoms with Crippen molar-refractivity contribution in [2.75, 3.05) is 11.9 Å². The summed E-state index contributed by atoms with van der Waals surface area (Å²) in [5.74, 6) is 0.365. The minimum absolute atomic E-state index is 0.157. The number of anilines is 1. The molecule has 0 spiro atoms. The maximum absolute atomic E-state index is 12.5. The number of rotatable bonds is 5. The van der Waals surface area contributed by atoms with Crippen molar-refractivity contribution in [3.63, 3.8) is 0 Å². The van der Waals surface area contributed by atoms with E-state index in [1.165, 1.54) is 0 Å². The monoisotopic (exact) mass is 363 g/mol. The second-order valence-corrected chi connectivity index (χ2v) is 8.34. The second-order valence-electron chi connectivity index (χ2n) is 5.74. The normalized spacial score (nSPS) is 14.1. The van der Waals surface area contributed by atoms with Gasteiger partial charge < -0.3 is 5.32 Å². The van der Waals surface area contributed by atoms with Crippen LogP contribution in [0.4, 0.5) is 5.82 Å². The second kappa shape index (κ2) is 6.41. The third kappa shape index (κ3) is 4.43. The van der Waals surface area contributed by atoms with Crippen LogP contribution in [-0.2, 0) is 10.0 Å². The van der Waals surface area contributed by atoms with E-state index in [1.54, 1.807) is 12.3 Å². The average Bonchev–Trinajstić information content (AvgIpc) is 2.30. The average molecular weight is 364 g/mol. The lowest BCUT2D eigenvalue weighted by molar-refractivity contribution is 0.317. The van der Waals surface area contributed by atoms with Crippen molar-refractivity contribution in [1.29, 1.82) is 0 Å². The molecule has 7 heteroatoms. The molecule has 0 amide bonds. The molecule has 0 saturated carbocycles. The highest BCUT2D eigenvalue weighted by atomic mass is 79.9. The Kier molecular flexibility index (Phi) is 5.57. The summed E-state index contributed by atoms with van der Waals surface area (Å²) in [6.07, 6.45) is 1.57. The molecule has 0 bridgehead atoms. The fourth-order valence-electron chi connectivity index (χ4n) is 1.40. The topological polar surface area (TPSA) is 71.1 Å². The number of halogens is 1. The lowest BCUT2D eigenvalue weighted by atomic mass is 9.89. The Labute approximate surface area is 129 Å². The third-order valence-electron chi connectivity index (χ3n) is 3.08. The zero-order valence-electron chi connectivity index (χ0n) is 12.5. The maximum Gasteiger partial charge on any atom is 0.244 e. The van der Waals surface area contributed by atoms with Gasteiger partial charge in [0.05, 0.1) is 0 Å². The number of hydrogen-bond donors (Lipinski definition) is 2. The first-order valence-corrected chi connectivity index (χ1v) is 8.77. The highest BCUT2D eigenvalue weighted by molar-refractivity contribution is 9.10. The van der Waals surface area contributed by atoms with E-state index in [9.17, 15) is 8.42 Å². The van der Waals surface area contributed by atoms with E-state index < -0.39 is 10.0 Å². The number of sulfonamides is 1.